The van der Waals surface area contributed by atoms with Gasteiger partial charge >= 0.3 is 5.91 Å². The van der Waals surface area contributed by atoms with Gasteiger partial charge in [-0.2, -0.15) is 0 Å². The molecule has 1 aromatic heterocycles. The highest BCUT2D eigenvalue weighted by atomic mass is 16.5. The number of benzene rings is 2. The van der Waals surface area contributed by atoms with E-state index < -0.39 is 11.8 Å². The van der Waals surface area contributed by atoms with Gasteiger partial charge in [-0.1, -0.05) is 31.5 Å². The number of carbonyl (C=O) groups excluding carboxylic acids is 2. The monoisotopic (exact) mass is 408 g/mol. The fraction of sp³-hybridized carbons (Fsp3) is 0.217. The van der Waals surface area contributed by atoms with Crippen molar-refractivity contribution in [2.24, 2.45) is 0 Å². The van der Waals surface area contributed by atoms with Gasteiger partial charge in [-0.3, -0.25) is 20.4 Å². The fourth-order valence-corrected chi connectivity index (χ4v) is 2.53. The van der Waals surface area contributed by atoms with Crippen LogP contribution >= 0.6 is 0 Å². The third-order valence-corrected chi connectivity index (χ3v) is 4.18. The zero-order valence-electron chi connectivity index (χ0n) is 16.7. The first-order valence-electron chi connectivity index (χ1n) is 9.76. The van der Waals surface area contributed by atoms with Gasteiger partial charge in [0.05, 0.1) is 6.61 Å². The van der Waals surface area contributed by atoms with Gasteiger partial charge in [0.1, 0.15) is 23.9 Å². The highest BCUT2D eigenvalue weighted by molar-refractivity contribution is 5.98. The van der Waals surface area contributed by atoms with Crippen LogP contribution < -0.4 is 20.3 Å². The van der Waals surface area contributed by atoms with Gasteiger partial charge in [0.25, 0.3) is 5.91 Å². The van der Waals surface area contributed by atoms with Crippen LogP contribution in [0.15, 0.2) is 71.1 Å². The maximum Gasteiger partial charge on any atom is 0.305 e. The number of carbonyl (C=O) groups is 2. The SMILES string of the molecule is CCCCOc1ccc(C(=O)NNC(=O)c2ccc(COc3ccccc3)o2)cc1. The highest BCUT2D eigenvalue weighted by Gasteiger charge is 2.13. The van der Waals surface area contributed by atoms with Crippen LogP contribution in [0, 0.1) is 0 Å². The van der Waals surface area contributed by atoms with E-state index in [1.165, 1.54) is 6.07 Å². The van der Waals surface area contributed by atoms with Crippen LogP contribution in [0.1, 0.15) is 46.4 Å². The summed E-state index contributed by atoms with van der Waals surface area (Å²) in [6, 6.07) is 19.2. The summed E-state index contributed by atoms with van der Waals surface area (Å²) in [6.07, 6.45) is 2.03. The van der Waals surface area contributed by atoms with Gasteiger partial charge < -0.3 is 13.9 Å². The summed E-state index contributed by atoms with van der Waals surface area (Å²) in [6.45, 7) is 2.92. The lowest BCUT2D eigenvalue weighted by Crippen LogP contribution is -2.41. The number of rotatable bonds is 9. The largest absolute Gasteiger partial charge is 0.494 e. The molecule has 30 heavy (non-hydrogen) atoms. The molecule has 0 radical (unpaired) electrons. The number of hydrogen-bond acceptors (Lipinski definition) is 5. The Bertz CT molecular complexity index is 951. The van der Waals surface area contributed by atoms with E-state index in [1.807, 2.05) is 30.3 Å². The summed E-state index contributed by atoms with van der Waals surface area (Å²) < 4.78 is 16.6. The van der Waals surface area contributed by atoms with Crippen LogP contribution in [0.4, 0.5) is 0 Å². The molecule has 1 heterocycles. The lowest BCUT2D eigenvalue weighted by Gasteiger charge is -2.08. The molecule has 2 aromatic carbocycles. The molecule has 2 N–H and O–H groups in total. The number of hydrogen-bond donors (Lipinski definition) is 2. The van der Waals surface area contributed by atoms with Crippen molar-refractivity contribution in [1.82, 2.24) is 10.9 Å². The van der Waals surface area contributed by atoms with Crippen molar-refractivity contribution < 1.29 is 23.5 Å². The molecule has 7 nitrogen and oxygen atoms in total. The fourth-order valence-electron chi connectivity index (χ4n) is 2.53. The Kier molecular flexibility index (Phi) is 7.49. The van der Waals surface area contributed by atoms with E-state index in [0.717, 1.165) is 12.8 Å². The first-order chi connectivity index (χ1) is 14.7. The van der Waals surface area contributed by atoms with Crippen LogP contribution in [0.2, 0.25) is 0 Å². The van der Waals surface area contributed by atoms with E-state index in [4.69, 9.17) is 13.9 Å². The second-order valence-corrected chi connectivity index (χ2v) is 6.50. The van der Waals surface area contributed by atoms with Gasteiger partial charge in [0.2, 0.25) is 0 Å². The van der Waals surface area contributed by atoms with E-state index in [2.05, 4.69) is 17.8 Å². The number of furan rings is 1. The van der Waals surface area contributed by atoms with E-state index >= 15 is 0 Å². The molecule has 3 aromatic rings. The normalized spacial score (nSPS) is 10.3. The van der Waals surface area contributed by atoms with E-state index in [-0.39, 0.29) is 12.4 Å². The van der Waals surface area contributed by atoms with Crippen molar-refractivity contribution in [1.29, 1.82) is 0 Å². The predicted molar refractivity (Wildman–Crippen MR) is 111 cm³/mol. The molecule has 0 aliphatic carbocycles. The summed E-state index contributed by atoms with van der Waals surface area (Å²) in [5.74, 6) is 0.964. The first-order valence-corrected chi connectivity index (χ1v) is 9.76. The summed E-state index contributed by atoms with van der Waals surface area (Å²) in [5.41, 5.74) is 5.10. The number of amides is 2. The molecule has 0 fully saturated rings. The molecular formula is C23H24N2O5. The van der Waals surface area contributed by atoms with E-state index in [0.29, 0.717) is 29.4 Å². The molecule has 0 aliphatic rings. The predicted octanol–water partition coefficient (Wildman–Crippen LogP) is 4.11. The summed E-state index contributed by atoms with van der Waals surface area (Å²) in [5, 5.41) is 0. The van der Waals surface area contributed by atoms with Crippen molar-refractivity contribution in [3.63, 3.8) is 0 Å². The van der Waals surface area contributed by atoms with Crippen molar-refractivity contribution in [3.05, 3.63) is 83.8 Å². The number of nitrogens with one attached hydrogen (secondary N) is 2. The van der Waals surface area contributed by atoms with Crippen molar-refractivity contribution in [2.45, 2.75) is 26.4 Å². The summed E-state index contributed by atoms with van der Waals surface area (Å²) in [7, 11) is 0. The molecule has 0 saturated heterocycles. The average Bonchev–Trinajstić information content (AvgIpc) is 3.26. The molecule has 3 rings (SSSR count). The second kappa shape index (κ2) is 10.7. The Morgan fingerprint density at radius 3 is 2.27 bits per heavy atom. The van der Waals surface area contributed by atoms with Crippen molar-refractivity contribution in [3.8, 4) is 11.5 Å². The van der Waals surface area contributed by atoms with Crippen LogP contribution in [-0.4, -0.2) is 18.4 Å². The molecular weight excluding hydrogens is 384 g/mol. The number of hydrazine groups is 1. The highest BCUT2D eigenvalue weighted by Crippen LogP contribution is 2.14. The van der Waals surface area contributed by atoms with E-state index in [9.17, 15) is 9.59 Å². The Morgan fingerprint density at radius 1 is 0.833 bits per heavy atom. The quantitative estimate of drug-likeness (QED) is 0.411. The average molecular weight is 408 g/mol. The molecule has 0 aliphatic heterocycles. The minimum Gasteiger partial charge on any atom is -0.494 e. The summed E-state index contributed by atoms with van der Waals surface area (Å²) in [4.78, 5) is 24.4. The van der Waals surface area contributed by atoms with Gasteiger partial charge in [0, 0.05) is 5.56 Å². The third-order valence-electron chi connectivity index (χ3n) is 4.18. The Labute approximate surface area is 175 Å². The Morgan fingerprint density at radius 2 is 1.53 bits per heavy atom. The van der Waals surface area contributed by atoms with Gasteiger partial charge in [-0.15, -0.1) is 0 Å². The minimum atomic E-state index is -0.561. The van der Waals surface area contributed by atoms with Crippen molar-refractivity contribution >= 4 is 11.8 Å². The number of unbranched alkanes of at least 4 members (excludes halogenated alkanes) is 1. The zero-order valence-corrected chi connectivity index (χ0v) is 16.7. The molecule has 0 bridgehead atoms. The molecule has 2 amide bonds. The van der Waals surface area contributed by atoms with Crippen LogP contribution in [0.3, 0.4) is 0 Å². The number of ether oxygens (including phenoxy) is 2. The maximum atomic E-state index is 12.2. The van der Waals surface area contributed by atoms with Crippen LogP contribution in [0.5, 0.6) is 11.5 Å². The maximum absolute atomic E-state index is 12.2. The standard InChI is InChI=1S/C23H24N2O5/c1-2-3-15-28-19-11-9-17(10-12-19)22(26)24-25-23(27)21-14-13-20(30-21)16-29-18-7-5-4-6-8-18/h4-14H,2-3,15-16H2,1H3,(H,24,26)(H,25,27). The third kappa shape index (κ3) is 6.13. The molecule has 156 valence electrons. The van der Waals surface area contributed by atoms with Gasteiger partial charge in [-0.05, 0) is 55.0 Å². The summed E-state index contributed by atoms with van der Waals surface area (Å²) >= 11 is 0. The Hall–Kier alpha value is -3.74. The van der Waals surface area contributed by atoms with Crippen LogP contribution in [0.25, 0.3) is 0 Å². The lowest BCUT2D eigenvalue weighted by molar-refractivity contribution is 0.0828. The molecule has 0 unspecified atom stereocenters. The first kappa shape index (κ1) is 21.0. The number of para-hydroxylation sites is 1. The molecule has 0 saturated carbocycles. The smallest absolute Gasteiger partial charge is 0.305 e. The minimum absolute atomic E-state index is 0.0710. The topological polar surface area (TPSA) is 89.8 Å². The van der Waals surface area contributed by atoms with Gasteiger partial charge in [0.15, 0.2) is 5.76 Å². The molecule has 0 spiro atoms. The van der Waals surface area contributed by atoms with Crippen LogP contribution in [-0.2, 0) is 6.61 Å². The lowest BCUT2D eigenvalue weighted by atomic mass is 10.2. The molecule has 0 atom stereocenters. The van der Waals surface area contributed by atoms with Gasteiger partial charge in [-0.25, -0.2) is 0 Å². The Balaban J connectivity index is 1.45. The zero-order chi connectivity index (χ0) is 21.2. The van der Waals surface area contributed by atoms with Crippen molar-refractivity contribution in [2.75, 3.05) is 6.61 Å². The second-order valence-electron chi connectivity index (χ2n) is 6.50. The molecule has 7 heteroatoms. The van der Waals surface area contributed by atoms with E-state index in [1.54, 1.807) is 30.3 Å².